The van der Waals surface area contributed by atoms with Crippen LogP contribution in [0.1, 0.15) is 31.7 Å². The zero-order valence-corrected chi connectivity index (χ0v) is 12.0. The minimum Gasteiger partial charge on any atom is -0.382 e. The highest BCUT2D eigenvalue weighted by molar-refractivity contribution is 6.30. The average Bonchev–Trinajstić information content (AvgIpc) is 3.21. The lowest BCUT2D eigenvalue weighted by Crippen LogP contribution is -2.35. The van der Waals surface area contributed by atoms with Crippen LogP contribution in [0.3, 0.4) is 0 Å². The van der Waals surface area contributed by atoms with Gasteiger partial charge in [-0.1, -0.05) is 23.7 Å². The lowest BCUT2D eigenvalue weighted by atomic mass is 9.95. The molecule has 0 aliphatic heterocycles. The molecule has 0 radical (unpaired) electrons. The van der Waals surface area contributed by atoms with Gasteiger partial charge < -0.3 is 10.1 Å². The number of halogens is 1. The molecule has 1 fully saturated rings. The van der Waals surface area contributed by atoms with Gasteiger partial charge in [-0.05, 0) is 43.9 Å². The van der Waals surface area contributed by atoms with Crippen molar-refractivity contribution in [2.75, 3.05) is 19.8 Å². The molecule has 19 heavy (non-hydrogen) atoms. The van der Waals surface area contributed by atoms with Crippen molar-refractivity contribution in [2.45, 2.75) is 31.6 Å². The quantitative estimate of drug-likeness (QED) is 0.781. The largest absolute Gasteiger partial charge is 0.382 e. The van der Waals surface area contributed by atoms with Crippen molar-refractivity contribution in [3.8, 4) is 0 Å². The van der Waals surface area contributed by atoms with E-state index >= 15 is 0 Å². The second kappa shape index (κ2) is 6.40. The fraction of sp³-hybridized carbons (Fsp3) is 0.533. The third-order valence-electron chi connectivity index (χ3n) is 3.54. The summed E-state index contributed by atoms with van der Waals surface area (Å²) in [5, 5.41) is 3.71. The van der Waals surface area contributed by atoms with Gasteiger partial charge in [-0.3, -0.25) is 4.79 Å². The van der Waals surface area contributed by atoms with Gasteiger partial charge in [-0.15, -0.1) is 0 Å². The Balaban J connectivity index is 1.86. The van der Waals surface area contributed by atoms with Crippen LogP contribution in [0.5, 0.6) is 0 Å². The molecule has 1 N–H and O–H groups in total. The molecule has 1 saturated carbocycles. The van der Waals surface area contributed by atoms with Crippen LogP contribution in [0.25, 0.3) is 0 Å². The summed E-state index contributed by atoms with van der Waals surface area (Å²) in [4.78, 5) is 12.3. The molecule has 4 heteroatoms. The Kier molecular flexibility index (Phi) is 4.83. The summed E-state index contributed by atoms with van der Waals surface area (Å²) in [6, 6.07) is 7.60. The SMILES string of the molecule is CCOCCCNC(=O)C1(c2ccc(Cl)cc2)CC1. The summed E-state index contributed by atoms with van der Waals surface area (Å²) in [6.07, 6.45) is 2.70. The molecule has 1 aliphatic rings. The van der Waals surface area contributed by atoms with Crippen molar-refractivity contribution in [1.29, 1.82) is 0 Å². The molecule has 1 aromatic carbocycles. The molecule has 1 amide bonds. The van der Waals surface area contributed by atoms with Crippen molar-refractivity contribution >= 4 is 17.5 Å². The summed E-state index contributed by atoms with van der Waals surface area (Å²) in [7, 11) is 0. The highest BCUT2D eigenvalue weighted by Gasteiger charge is 2.50. The molecule has 2 rings (SSSR count). The average molecular weight is 282 g/mol. The second-order valence-corrected chi connectivity index (χ2v) is 5.33. The van der Waals surface area contributed by atoms with Crippen LogP contribution in [0.2, 0.25) is 5.02 Å². The molecular weight excluding hydrogens is 262 g/mol. The molecule has 0 atom stereocenters. The van der Waals surface area contributed by atoms with E-state index in [0.717, 1.165) is 31.4 Å². The van der Waals surface area contributed by atoms with E-state index in [1.807, 2.05) is 31.2 Å². The first-order valence-corrected chi connectivity index (χ1v) is 7.19. The summed E-state index contributed by atoms with van der Waals surface area (Å²) in [5.41, 5.74) is 0.759. The zero-order chi connectivity index (χ0) is 13.7. The number of hydrogen-bond acceptors (Lipinski definition) is 2. The molecule has 0 spiro atoms. The number of hydrogen-bond donors (Lipinski definition) is 1. The van der Waals surface area contributed by atoms with Crippen LogP contribution < -0.4 is 5.32 Å². The molecule has 0 saturated heterocycles. The highest BCUT2D eigenvalue weighted by atomic mass is 35.5. The number of rotatable bonds is 7. The first-order valence-electron chi connectivity index (χ1n) is 6.81. The van der Waals surface area contributed by atoms with Crippen LogP contribution in [0.15, 0.2) is 24.3 Å². The monoisotopic (exact) mass is 281 g/mol. The Morgan fingerprint density at radius 3 is 2.63 bits per heavy atom. The van der Waals surface area contributed by atoms with E-state index in [-0.39, 0.29) is 11.3 Å². The number of ether oxygens (including phenoxy) is 1. The maximum Gasteiger partial charge on any atom is 0.230 e. The van der Waals surface area contributed by atoms with Crippen molar-refractivity contribution in [3.63, 3.8) is 0 Å². The normalized spacial score (nSPS) is 16.1. The minimum atomic E-state index is -0.309. The van der Waals surface area contributed by atoms with E-state index in [1.54, 1.807) is 0 Å². The fourth-order valence-electron chi connectivity index (χ4n) is 2.23. The van der Waals surface area contributed by atoms with E-state index in [0.29, 0.717) is 18.2 Å². The standard InChI is InChI=1S/C15H20ClNO2/c1-2-19-11-3-10-17-14(18)15(8-9-15)12-4-6-13(16)7-5-12/h4-7H,2-3,8-11H2,1H3,(H,17,18). The third kappa shape index (κ3) is 3.48. The maximum atomic E-state index is 12.3. The summed E-state index contributed by atoms with van der Waals surface area (Å²) < 4.78 is 5.25. The first-order chi connectivity index (χ1) is 9.19. The highest BCUT2D eigenvalue weighted by Crippen LogP contribution is 2.48. The molecule has 3 nitrogen and oxygen atoms in total. The molecule has 1 aromatic rings. The number of carbonyl (C=O) groups is 1. The van der Waals surface area contributed by atoms with E-state index in [2.05, 4.69) is 5.32 Å². The molecule has 0 heterocycles. The smallest absolute Gasteiger partial charge is 0.230 e. The van der Waals surface area contributed by atoms with Gasteiger partial charge in [0, 0.05) is 24.8 Å². The van der Waals surface area contributed by atoms with Crippen LogP contribution >= 0.6 is 11.6 Å². The van der Waals surface area contributed by atoms with E-state index in [9.17, 15) is 4.79 Å². The summed E-state index contributed by atoms with van der Waals surface area (Å²) >= 11 is 5.88. The minimum absolute atomic E-state index is 0.131. The van der Waals surface area contributed by atoms with Crippen LogP contribution in [-0.4, -0.2) is 25.7 Å². The van der Waals surface area contributed by atoms with Crippen molar-refractivity contribution < 1.29 is 9.53 Å². The van der Waals surface area contributed by atoms with Crippen LogP contribution in [-0.2, 0) is 14.9 Å². The van der Waals surface area contributed by atoms with Gasteiger partial charge in [0.25, 0.3) is 0 Å². The van der Waals surface area contributed by atoms with Gasteiger partial charge in [-0.2, -0.15) is 0 Å². The number of benzene rings is 1. The molecule has 0 aromatic heterocycles. The molecule has 0 bridgehead atoms. The Morgan fingerprint density at radius 2 is 2.05 bits per heavy atom. The van der Waals surface area contributed by atoms with Crippen LogP contribution in [0.4, 0.5) is 0 Å². The van der Waals surface area contributed by atoms with Gasteiger partial charge in [-0.25, -0.2) is 0 Å². The number of carbonyl (C=O) groups excluding carboxylic acids is 1. The lowest BCUT2D eigenvalue weighted by Gasteiger charge is -2.15. The Bertz CT molecular complexity index is 426. The van der Waals surface area contributed by atoms with Crippen molar-refractivity contribution in [1.82, 2.24) is 5.32 Å². The Morgan fingerprint density at radius 1 is 1.37 bits per heavy atom. The molecule has 104 valence electrons. The topological polar surface area (TPSA) is 38.3 Å². The van der Waals surface area contributed by atoms with Gasteiger partial charge >= 0.3 is 0 Å². The molecule has 0 unspecified atom stereocenters. The Hall–Kier alpha value is -1.06. The molecule has 1 aliphatic carbocycles. The second-order valence-electron chi connectivity index (χ2n) is 4.90. The summed E-state index contributed by atoms with van der Waals surface area (Å²) in [5.74, 6) is 0.131. The Labute approximate surface area is 119 Å². The maximum absolute atomic E-state index is 12.3. The van der Waals surface area contributed by atoms with Crippen molar-refractivity contribution in [2.24, 2.45) is 0 Å². The first kappa shape index (κ1) is 14.4. The van der Waals surface area contributed by atoms with Gasteiger partial charge in [0.15, 0.2) is 0 Å². The lowest BCUT2D eigenvalue weighted by molar-refractivity contribution is -0.123. The summed E-state index contributed by atoms with van der Waals surface area (Å²) in [6.45, 7) is 4.07. The van der Waals surface area contributed by atoms with E-state index < -0.39 is 0 Å². The molecular formula is C15H20ClNO2. The van der Waals surface area contributed by atoms with Gasteiger partial charge in [0.05, 0.1) is 5.41 Å². The predicted octanol–water partition coefficient (Wildman–Crippen LogP) is 2.91. The predicted molar refractivity (Wildman–Crippen MR) is 76.5 cm³/mol. The van der Waals surface area contributed by atoms with E-state index in [4.69, 9.17) is 16.3 Å². The van der Waals surface area contributed by atoms with Gasteiger partial charge in [0.2, 0.25) is 5.91 Å². The third-order valence-corrected chi connectivity index (χ3v) is 3.79. The zero-order valence-electron chi connectivity index (χ0n) is 11.2. The van der Waals surface area contributed by atoms with Gasteiger partial charge in [0.1, 0.15) is 0 Å². The van der Waals surface area contributed by atoms with Crippen LogP contribution in [0, 0.1) is 0 Å². The fourth-order valence-corrected chi connectivity index (χ4v) is 2.36. The number of amides is 1. The number of nitrogens with one attached hydrogen (secondary N) is 1. The van der Waals surface area contributed by atoms with Crippen molar-refractivity contribution in [3.05, 3.63) is 34.9 Å². The van der Waals surface area contributed by atoms with E-state index in [1.165, 1.54) is 0 Å².